The van der Waals surface area contributed by atoms with E-state index in [-0.39, 0.29) is 11.2 Å². The molecular formula is C23H24N2O3. The Labute approximate surface area is 164 Å². The van der Waals surface area contributed by atoms with Crippen LogP contribution < -0.4 is 0 Å². The number of morpholine rings is 1. The largest absolute Gasteiger partial charge is 0.508 e. The van der Waals surface area contributed by atoms with Crippen molar-refractivity contribution < 1.29 is 14.4 Å². The van der Waals surface area contributed by atoms with E-state index in [4.69, 9.17) is 9.26 Å². The third-order valence-corrected chi connectivity index (χ3v) is 5.86. The molecule has 0 unspecified atom stereocenters. The molecule has 5 rings (SSSR count). The summed E-state index contributed by atoms with van der Waals surface area (Å²) in [5.74, 6) is 1.24. The van der Waals surface area contributed by atoms with Crippen molar-refractivity contribution in [3.8, 4) is 28.1 Å². The van der Waals surface area contributed by atoms with Crippen molar-refractivity contribution in [3.05, 3.63) is 60.4 Å². The minimum Gasteiger partial charge on any atom is -0.508 e. The molecule has 2 fully saturated rings. The molecule has 1 saturated carbocycles. The molecule has 1 aliphatic heterocycles. The highest BCUT2D eigenvalue weighted by atomic mass is 16.5. The lowest BCUT2D eigenvalue weighted by Gasteiger charge is -2.30. The molecule has 1 aromatic heterocycles. The van der Waals surface area contributed by atoms with Gasteiger partial charge >= 0.3 is 0 Å². The van der Waals surface area contributed by atoms with Crippen LogP contribution in [0.5, 0.6) is 5.75 Å². The second-order valence-electron chi connectivity index (χ2n) is 7.82. The molecule has 1 aliphatic carbocycles. The number of ether oxygens (including phenoxy) is 1. The van der Waals surface area contributed by atoms with Crippen molar-refractivity contribution in [1.29, 1.82) is 0 Å². The zero-order valence-electron chi connectivity index (χ0n) is 15.8. The molecule has 5 heteroatoms. The third kappa shape index (κ3) is 3.21. The van der Waals surface area contributed by atoms with Gasteiger partial charge < -0.3 is 14.4 Å². The van der Waals surface area contributed by atoms with E-state index in [1.807, 2.05) is 30.3 Å². The lowest BCUT2D eigenvalue weighted by molar-refractivity contribution is 0.0322. The van der Waals surface area contributed by atoms with Crippen molar-refractivity contribution in [1.82, 2.24) is 10.1 Å². The average Bonchev–Trinajstić information content (AvgIpc) is 3.37. The number of hydrogen-bond acceptors (Lipinski definition) is 5. The lowest BCUT2D eigenvalue weighted by Crippen LogP contribution is -2.41. The maximum absolute atomic E-state index is 9.66. The molecule has 3 aromatic rings. The number of rotatable bonds is 5. The summed E-state index contributed by atoms with van der Waals surface area (Å²) in [4.78, 5) is 2.48. The van der Waals surface area contributed by atoms with E-state index >= 15 is 0 Å². The first-order valence-electron chi connectivity index (χ1n) is 9.90. The van der Waals surface area contributed by atoms with Gasteiger partial charge in [-0.2, -0.15) is 0 Å². The van der Waals surface area contributed by atoms with Crippen LogP contribution in [-0.2, 0) is 10.2 Å². The molecule has 1 N–H and O–H groups in total. The first kappa shape index (κ1) is 17.5. The van der Waals surface area contributed by atoms with Gasteiger partial charge in [-0.05, 0) is 42.7 Å². The molecule has 144 valence electrons. The first-order chi connectivity index (χ1) is 13.8. The van der Waals surface area contributed by atoms with E-state index in [2.05, 4.69) is 22.2 Å². The van der Waals surface area contributed by atoms with E-state index in [0.29, 0.717) is 0 Å². The van der Waals surface area contributed by atoms with Crippen LogP contribution in [0.25, 0.3) is 22.4 Å². The summed E-state index contributed by atoms with van der Waals surface area (Å²) in [6.45, 7) is 4.54. The van der Waals surface area contributed by atoms with Gasteiger partial charge in [0.25, 0.3) is 0 Å². The molecule has 5 nitrogen and oxygen atoms in total. The van der Waals surface area contributed by atoms with Gasteiger partial charge in [0.1, 0.15) is 11.4 Å². The van der Waals surface area contributed by atoms with Gasteiger partial charge in [0.05, 0.1) is 18.8 Å². The Kier molecular flexibility index (Phi) is 4.41. The highest BCUT2D eigenvalue weighted by Gasteiger charge is 2.51. The number of nitrogens with zero attached hydrogens (tertiary/aromatic N) is 2. The van der Waals surface area contributed by atoms with E-state index in [9.17, 15) is 5.11 Å². The molecule has 2 aromatic carbocycles. The Bertz CT molecular complexity index is 940. The monoisotopic (exact) mass is 376 g/mol. The molecule has 2 aliphatic rings. The van der Waals surface area contributed by atoms with Crippen LogP contribution in [0.3, 0.4) is 0 Å². The highest BCUT2D eigenvalue weighted by Crippen LogP contribution is 2.53. The standard InChI is InChI=1S/C23H24N2O3/c26-19-8-6-18(7-9-19)21-20(17-4-2-1-3-5-17)22(28-24-21)23(10-11-23)16-25-12-14-27-15-13-25/h1-9,26H,10-16H2. The Hall–Kier alpha value is -2.63. The number of benzene rings is 2. The smallest absolute Gasteiger partial charge is 0.152 e. The molecule has 0 atom stereocenters. The zero-order chi connectivity index (χ0) is 19.0. The molecule has 2 heterocycles. The number of aromatic nitrogens is 1. The maximum Gasteiger partial charge on any atom is 0.152 e. The van der Waals surface area contributed by atoms with Crippen LogP contribution in [0, 0.1) is 0 Å². The molecule has 1 saturated heterocycles. The van der Waals surface area contributed by atoms with Crippen LogP contribution in [0.4, 0.5) is 0 Å². The third-order valence-electron chi connectivity index (χ3n) is 5.86. The van der Waals surface area contributed by atoms with Crippen molar-refractivity contribution in [2.45, 2.75) is 18.3 Å². The molecule has 0 bridgehead atoms. The fraction of sp³-hybridized carbons (Fsp3) is 0.348. The zero-order valence-corrected chi connectivity index (χ0v) is 15.8. The second kappa shape index (κ2) is 7.08. The lowest BCUT2D eigenvalue weighted by atomic mass is 9.91. The molecular weight excluding hydrogens is 352 g/mol. The maximum atomic E-state index is 9.66. The van der Waals surface area contributed by atoms with Crippen LogP contribution >= 0.6 is 0 Å². The Morgan fingerprint density at radius 1 is 0.929 bits per heavy atom. The predicted octanol–water partition coefficient (Wildman–Crippen LogP) is 4.08. The molecule has 28 heavy (non-hydrogen) atoms. The van der Waals surface area contributed by atoms with Gasteiger partial charge in [-0.15, -0.1) is 0 Å². The van der Waals surface area contributed by atoms with Crippen LogP contribution in [0.15, 0.2) is 59.1 Å². The molecule has 0 spiro atoms. The van der Waals surface area contributed by atoms with Gasteiger partial charge in [0.2, 0.25) is 0 Å². The summed E-state index contributed by atoms with van der Waals surface area (Å²) in [7, 11) is 0. The minimum absolute atomic E-state index is 0.0324. The summed E-state index contributed by atoms with van der Waals surface area (Å²) < 4.78 is 11.5. The number of hydrogen-bond donors (Lipinski definition) is 1. The fourth-order valence-electron chi connectivity index (χ4n) is 4.14. The molecule has 0 amide bonds. The summed E-state index contributed by atoms with van der Waals surface area (Å²) in [6.07, 6.45) is 2.24. The fourth-order valence-corrected chi connectivity index (χ4v) is 4.14. The first-order valence-corrected chi connectivity index (χ1v) is 9.90. The number of phenolic OH excluding ortho intramolecular Hbond substituents is 1. The summed E-state index contributed by atoms with van der Waals surface area (Å²) in [6, 6.07) is 17.5. The quantitative estimate of drug-likeness (QED) is 0.727. The van der Waals surface area contributed by atoms with Crippen molar-refractivity contribution in [2.75, 3.05) is 32.8 Å². The van der Waals surface area contributed by atoms with Crippen LogP contribution in [-0.4, -0.2) is 48.0 Å². The Balaban J connectivity index is 1.57. The van der Waals surface area contributed by atoms with E-state index in [0.717, 1.165) is 73.8 Å². The van der Waals surface area contributed by atoms with Crippen LogP contribution in [0.2, 0.25) is 0 Å². The van der Waals surface area contributed by atoms with Crippen molar-refractivity contribution in [2.24, 2.45) is 0 Å². The van der Waals surface area contributed by atoms with Crippen LogP contribution in [0.1, 0.15) is 18.6 Å². The Morgan fingerprint density at radius 2 is 1.64 bits per heavy atom. The topological polar surface area (TPSA) is 58.7 Å². The second-order valence-corrected chi connectivity index (χ2v) is 7.82. The van der Waals surface area contributed by atoms with Gasteiger partial charge in [-0.3, -0.25) is 4.90 Å². The molecule has 0 radical (unpaired) electrons. The van der Waals surface area contributed by atoms with E-state index < -0.39 is 0 Å². The summed E-state index contributed by atoms with van der Waals surface area (Å²) in [5, 5.41) is 14.1. The van der Waals surface area contributed by atoms with Gasteiger partial charge in [-0.25, -0.2) is 0 Å². The van der Waals surface area contributed by atoms with E-state index in [1.54, 1.807) is 12.1 Å². The van der Waals surface area contributed by atoms with E-state index in [1.165, 1.54) is 0 Å². The van der Waals surface area contributed by atoms with Crippen molar-refractivity contribution in [3.63, 3.8) is 0 Å². The number of aromatic hydroxyl groups is 1. The number of phenols is 1. The predicted molar refractivity (Wildman–Crippen MR) is 107 cm³/mol. The summed E-state index contributed by atoms with van der Waals surface area (Å²) >= 11 is 0. The highest BCUT2D eigenvalue weighted by molar-refractivity contribution is 5.83. The normalized spacial score (nSPS) is 18.9. The van der Waals surface area contributed by atoms with Gasteiger partial charge in [0.15, 0.2) is 5.76 Å². The summed E-state index contributed by atoms with van der Waals surface area (Å²) in [5.41, 5.74) is 4.03. The average molecular weight is 376 g/mol. The SMILES string of the molecule is Oc1ccc(-c2noc(C3(CN4CCOCC4)CC3)c2-c2ccccc2)cc1. The van der Waals surface area contributed by atoms with Gasteiger partial charge in [-0.1, -0.05) is 35.5 Å². The minimum atomic E-state index is 0.0324. The van der Waals surface area contributed by atoms with Crippen molar-refractivity contribution >= 4 is 0 Å². The van der Waals surface area contributed by atoms with Gasteiger partial charge in [0, 0.05) is 30.6 Å². The Morgan fingerprint density at radius 3 is 2.32 bits per heavy atom.